The smallest absolute Gasteiger partial charge is 0.253 e. The van der Waals surface area contributed by atoms with Gasteiger partial charge in [0.25, 0.3) is 5.91 Å². The standard InChI is InChI=1S/C23H28FN3O2/c1-25-22(28)18-10-9-15(12-21(18)24)11-17(27(2)3)14-26-23(29)20-13-19(20)16-7-5-4-6-8-16/h4-10,12,17,19-20H,11,13-14H2,1-3H3,(H,25,28)(H,26,29)/t17-,19+,20+/m0/s1. The van der Waals surface area contributed by atoms with Crippen LogP contribution in [0.15, 0.2) is 48.5 Å². The van der Waals surface area contributed by atoms with Crippen LogP contribution in [0.25, 0.3) is 0 Å². The van der Waals surface area contributed by atoms with Crippen LogP contribution in [-0.4, -0.2) is 50.4 Å². The maximum absolute atomic E-state index is 14.2. The van der Waals surface area contributed by atoms with Gasteiger partial charge in [-0.2, -0.15) is 0 Å². The molecule has 0 heterocycles. The first-order valence-electron chi connectivity index (χ1n) is 9.90. The van der Waals surface area contributed by atoms with Crippen molar-refractivity contribution in [3.63, 3.8) is 0 Å². The highest BCUT2D eigenvalue weighted by atomic mass is 19.1. The van der Waals surface area contributed by atoms with Crippen molar-refractivity contribution in [3.8, 4) is 0 Å². The molecule has 0 radical (unpaired) electrons. The van der Waals surface area contributed by atoms with Gasteiger partial charge >= 0.3 is 0 Å². The van der Waals surface area contributed by atoms with Crippen LogP contribution >= 0.6 is 0 Å². The molecule has 3 rings (SSSR count). The summed E-state index contributed by atoms with van der Waals surface area (Å²) in [6.07, 6.45) is 1.46. The number of hydrogen-bond acceptors (Lipinski definition) is 3. The highest BCUT2D eigenvalue weighted by molar-refractivity contribution is 5.94. The summed E-state index contributed by atoms with van der Waals surface area (Å²) in [7, 11) is 5.36. The SMILES string of the molecule is CNC(=O)c1ccc(C[C@@H](CNC(=O)[C@@H]2C[C@@H]2c2ccccc2)N(C)C)cc1F. The van der Waals surface area contributed by atoms with Crippen LogP contribution < -0.4 is 10.6 Å². The van der Waals surface area contributed by atoms with Crippen molar-refractivity contribution in [1.29, 1.82) is 0 Å². The zero-order valence-corrected chi connectivity index (χ0v) is 17.1. The fraction of sp³-hybridized carbons (Fsp3) is 0.391. The second kappa shape index (κ2) is 9.18. The summed E-state index contributed by atoms with van der Waals surface area (Å²) in [4.78, 5) is 26.2. The molecule has 2 N–H and O–H groups in total. The van der Waals surface area contributed by atoms with Crippen molar-refractivity contribution < 1.29 is 14.0 Å². The van der Waals surface area contributed by atoms with E-state index in [1.807, 2.05) is 37.2 Å². The van der Waals surface area contributed by atoms with E-state index in [0.29, 0.717) is 18.9 Å². The summed E-state index contributed by atoms with van der Waals surface area (Å²) in [6.45, 7) is 0.489. The Bertz CT molecular complexity index is 870. The molecule has 2 aromatic rings. The van der Waals surface area contributed by atoms with Crippen molar-refractivity contribution in [3.05, 3.63) is 71.0 Å². The molecular formula is C23H28FN3O2. The number of hydrogen-bond donors (Lipinski definition) is 2. The first kappa shape index (κ1) is 21.0. The minimum atomic E-state index is -0.535. The lowest BCUT2D eigenvalue weighted by molar-refractivity contribution is -0.122. The third kappa shape index (κ3) is 5.21. The van der Waals surface area contributed by atoms with Crippen LogP contribution in [0.3, 0.4) is 0 Å². The normalized spacial score (nSPS) is 18.9. The molecule has 0 unspecified atom stereocenters. The van der Waals surface area contributed by atoms with Crippen molar-refractivity contribution in [2.75, 3.05) is 27.7 Å². The molecule has 0 spiro atoms. The van der Waals surface area contributed by atoms with Crippen LogP contribution in [0.2, 0.25) is 0 Å². The van der Waals surface area contributed by atoms with E-state index in [2.05, 4.69) is 22.8 Å². The molecule has 0 bridgehead atoms. The first-order chi connectivity index (χ1) is 13.9. The van der Waals surface area contributed by atoms with Gasteiger partial charge in [0.1, 0.15) is 5.82 Å². The van der Waals surface area contributed by atoms with E-state index < -0.39 is 11.7 Å². The number of halogens is 1. The Morgan fingerprint density at radius 3 is 2.52 bits per heavy atom. The van der Waals surface area contributed by atoms with Crippen LogP contribution in [0.1, 0.15) is 33.8 Å². The molecule has 0 aromatic heterocycles. The molecule has 1 fully saturated rings. The average molecular weight is 397 g/mol. The van der Waals surface area contributed by atoms with E-state index in [0.717, 1.165) is 12.0 Å². The molecule has 1 saturated carbocycles. The van der Waals surface area contributed by atoms with E-state index in [4.69, 9.17) is 0 Å². The number of rotatable bonds is 8. The summed E-state index contributed by atoms with van der Waals surface area (Å²) in [5, 5.41) is 5.49. The molecule has 5 nitrogen and oxygen atoms in total. The third-order valence-electron chi connectivity index (χ3n) is 5.57. The molecule has 0 saturated heterocycles. The van der Waals surface area contributed by atoms with Gasteiger partial charge < -0.3 is 15.5 Å². The number of likely N-dealkylation sites (N-methyl/N-ethyl adjacent to an activating group) is 1. The lowest BCUT2D eigenvalue weighted by atomic mass is 10.0. The van der Waals surface area contributed by atoms with E-state index in [1.165, 1.54) is 24.7 Å². The lowest BCUT2D eigenvalue weighted by Crippen LogP contribution is -2.42. The predicted molar refractivity (Wildman–Crippen MR) is 111 cm³/mol. The molecule has 1 aliphatic carbocycles. The molecule has 2 amide bonds. The highest BCUT2D eigenvalue weighted by Crippen LogP contribution is 2.47. The monoisotopic (exact) mass is 397 g/mol. The number of amides is 2. The molecule has 29 heavy (non-hydrogen) atoms. The van der Waals surface area contributed by atoms with E-state index >= 15 is 0 Å². The van der Waals surface area contributed by atoms with Crippen molar-refractivity contribution in [2.45, 2.75) is 24.8 Å². The van der Waals surface area contributed by atoms with Gasteiger partial charge in [-0.1, -0.05) is 36.4 Å². The van der Waals surface area contributed by atoms with E-state index in [-0.39, 0.29) is 23.4 Å². The van der Waals surface area contributed by atoms with Crippen molar-refractivity contribution >= 4 is 11.8 Å². The Balaban J connectivity index is 1.56. The minimum absolute atomic E-state index is 0.0260. The second-order valence-electron chi connectivity index (χ2n) is 7.82. The van der Waals surface area contributed by atoms with Crippen LogP contribution in [0, 0.1) is 11.7 Å². The molecule has 3 atom stereocenters. The number of nitrogens with one attached hydrogen (secondary N) is 2. The molecular weight excluding hydrogens is 369 g/mol. The van der Waals surface area contributed by atoms with Crippen LogP contribution in [0.4, 0.5) is 4.39 Å². The fourth-order valence-corrected chi connectivity index (χ4v) is 3.62. The summed E-state index contributed by atoms with van der Waals surface area (Å²) in [5.74, 6) is -0.563. The van der Waals surface area contributed by atoms with Gasteiger partial charge in [-0.05, 0) is 56.1 Å². The van der Waals surface area contributed by atoms with E-state index in [9.17, 15) is 14.0 Å². The molecule has 154 valence electrons. The van der Waals surface area contributed by atoms with Gasteiger partial charge in [0.15, 0.2) is 0 Å². The summed E-state index contributed by atoms with van der Waals surface area (Å²) >= 11 is 0. The first-order valence-corrected chi connectivity index (χ1v) is 9.90. The largest absolute Gasteiger partial charge is 0.355 e. The Labute approximate surface area is 171 Å². The van der Waals surface area contributed by atoms with Crippen molar-refractivity contribution in [1.82, 2.24) is 15.5 Å². The fourth-order valence-electron chi connectivity index (χ4n) is 3.62. The van der Waals surface area contributed by atoms with Gasteiger partial charge in [0.2, 0.25) is 5.91 Å². The Kier molecular flexibility index (Phi) is 6.64. The Morgan fingerprint density at radius 1 is 1.17 bits per heavy atom. The summed E-state index contributed by atoms with van der Waals surface area (Å²) in [6, 6.07) is 14.8. The van der Waals surface area contributed by atoms with Crippen LogP contribution in [0.5, 0.6) is 0 Å². The molecule has 2 aromatic carbocycles. The van der Waals surface area contributed by atoms with Gasteiger partial charge in [-0.25, -0.2) is 4.39 Å². The maximum atomic E-state index is 14.2. The predicted octanol–water partition coefficient (Wildman–Crippen LogP) is 2.58. The minimum Gasteiger partial charge on any atom is -0.355 e. The lowest BCUT2D eigenvalue weighted by Gasteiger charge is -2.25. The van der Waals surface area contributed by atoms with Gasteiger partial charge in [0.05, 0.1) is 5.56 Å². The number of carbonyl (C=O) groups excluding carboxylic acids is 2. The average Bonchev–Trinajstić information content (AvgIpc) is 3.52. The second-order valence-corrected chi connectivity index (χ2v) is 7.82. The molecule has 0 aliphatic heterocycles. The van der Waals surface area contributed by atoms with Gasteiger partial charge in [0, 0.05) is 25.6 Å². The van der Waals surface area contributed by atoms with Crippen LogP contribution in [-0.2, 0) is 11.2 Å². The van der Waals surface area contributed by atoms with Gasteiger partial charge in [-0.3, -0.25) is 9.59 Å². The summed E-state index contributed by atoms with van der Waals surface area (Å²) < 4.78 is 14.2. The zero-order chi connectivity index (χ0) is 21.0. The highest BCUT2D eigenvalue weighted by Gasteiger charge is 2.43. The maximum Gasteiger partial charge on any atom is 0.253 e. The number of carbonyl (C=O) groups is 2. The Morgan fingerprint density at radius 2 is 1.90 bits per heavy atom. The topological polar surface area (TPSA) is 61.4 Å². The van der Waals surface area contributed by atoms with Gasteiger partial charge in [-0.15, -0.1) is 0 Å². The molecule has 1 aliphatic rings. The zero-order valence-electron chi connectivity index (χ0n) is 17.1. The molecule has 6 heteroatoms. The van der Waals surface area contributed by atoms with Crippen molar-refractivity contribution in [2.24, 2.45) is 5.92 Å². The number of benzene rings is 2. The Hall–Kier alpha value is -2.73. The quantitative estimate of drug-likeness (QED) is 0.720. The number of nitrogens with zero attached hydrogens (tertiary/aromatic N) is 1. The third-order valence-corrected chi connectivity index (χ3v) is 5.57. The summed E-state index contributed by atoms with van der Waals surface area (Å²) in [5.41, 5.74) is 2.03. The van der Waals surface area contributed by atoms with E-state index in [1.54, 1.807) is 6.07 Å².